The van der Waals surface area contributed by atoms with Crippen molar-refractivity contribution in [2.45, 2.75) is 103 Å². The zero-order valence-electron chi connectivity index (χ0n) is 35.4. The van der Waals surface area contributed by atoms with E-state index < -0.39 is 5.60 Å². The lowest BCUT2D eigenvalue weighted by Gasteiger charge is -2.47. The molecule has 60 heavy (non-hydrogen) atoms. The van der Waals surface area contributed by atoms with Gasteiger partial charge in [0, 0.05) is 39.4 Å². The molecular weight excluding hydrogens is 775 g/mol. The molecule has 7 rings (SSSR count). The van der Waals surface area contributed by atoms with E-state index in [1.165, 1.54) is 64.4 Å². The number of nitrogens with zero attached hydrogens (tertiary/aromatic N) is 5. The maximum absolute atomic E-state index is 10.5. The highest BCUT2D eigenvalue weighted by molar-refractivity contribution is 7.23. The molecule has 0 bridgehead atoms. The highest BCUT2D eigenvalue weighted by Gasteiger charge is 2.47. The van der Waals surface area contributed by atoms with E-state index in [2.05, 4.69) is 134 Å². The summed E-state index contributed by atoms with van der Waals surface area (Å²) >= 11 is 3.53. The Bertz CT molecular complexity index is 2450. The van der Waals surface area contributed by atoms with Crippen LogP contribution in [-0.4, -0.2) is 12.6 Å². The molecule has 0 atom stereocenters. The number of allylic oxidation sites excluding steroid dienone is 2. The zero-order chi connectivity index (χ0) is 42.3. The van der Waals surface area contributed by atoms with Gasteiger partial charge in [0.15, 0.2) is 11.3 Å². The SMILES string of the molecule is CCCCCCC1(CCCCCC)c2cc(/C=C/c3ccc(N(c4ccccc4)c4ccccc4)cc3)sc2-c2sc(C3=C(C#N)C(=C(C#N)C#N)OC3(C)C)cc2N1C. The summed E-state index contributed by atoms with van der Waals surface area (Å²) in [5, 5.41) is 30.0. The van der Waals surface area contributed by atoms with Gasteiger partial charge in [-0.05, 0) is 92.4 Å². The van der Waals surface area contributed by atoms with E-state index in [1.807, 2.05) is 49.5 Å². The topological polar surface area (TPSA) is 87.1 Å². The van der Waals surface area contributed by atoms with E-state index >= 15 is 0 Å². The second kappa shape index (κ2) is 18.6. The van der Waals surface area contributed by atoms with Crippen LogP contribution in [0.1, 0.15) is 113 Å². The second-order valence-corrected chi connectivity index (χ2v) is 18.4. The summed E-state index contributed by atoms with van der Waals surface area (Å²) in [4.78, 5) is 9.46. The smallest absolute Gasteiger partial charge is 0.172 e. The molecule has 6 nitrogen and oxygen atoms in total. The molecule has 0 spiro atoms. The molecular formula is C52H53N5OS2. The van der Waals surface area contributed by atoms with Gasteiger partial charge in [-0.3, -0.25) is 0 Å². The largest absolute Gasteiger partial charge is 0.479 e. The van der Waals surface area contributed by atoms with Crippen molar-refractivity contribution in [2.75, 3.05) is 16.8 Å². The Morgan fingerprint density at radius 1 is 0.717 bits per heavy atom. The van der Waals surface area contributed by atoms with Gasteiger partial charge in [0.05, 0.1) is 21.0 Å². The number of nitriles is 3. The van der Waals surface area contributed by atoms with Gasteiger partial charge in [0.2, 0.25) is 0 Å². The molecule has 5 aromatic rings. The third kappa shape index (κ3) is 8.31. The standard InChI is InChI=1S/C52H53N5OS2/c1-6-8-10-18-30-52(31-19-11-9-7-2)44-32-42(29-26-37-24-27-41(28-25-37)57(39-20-14-12-15-21-39)40-22-16-13-17-23-40)59-49(44)50-45(56(52)5)33-46(60-50)47-43(36-55)48(38(34-53)35-54)58-51(47,3)4/h12-17,20-29,32-33H,6-11,18-19,30-31H2,1-5H3/b29-26+. The van der Waals surface area contributed by atoms with Crippen molar-refractivity contribution in [1.82, 2.24) is 0 Å². The third-order valence-corrected chi connectivity index (χ3v) is 14.3. The van der Waals surface area contributed by atoms with E-state index in [0.717, 1.165) is 58.8 Å². The number of fused-ring (bicyclic) bond motifs is 3. The van der Waals surface area contributed by atoms with Gasteiger partial charge in [-0.1, -0.05) is 120 Å². The van der Waals surface area contributed by atoms with Crippen LogP contribution >= 0.6 is 22.7 Å². The van der Waals surface area contributed by atoms with Crippen molar-refractivity contribution >= 4 is 63.1 Å². The molecule has 0 saturated carbocycles. The number of hydrogen-bond acceptors (Lipinski definition) is 8. The van der Waals surface area contributed by atoms with Gasteiger partial charge in [0.25, 0.3) is 0 Å². The van der Waals surface area contributed by atoms with Gasteiger partial charge >= 0.3 is 0 Å². The Morgan fingerprint density at radius 3 is 1.85 bits per heavy atom. The van der Waals surface area contributed by atoms with Crippen molar-refractivity contribution in [3.8, 4) is 28.0 Å². The Labute approximate surface area is 364 Å². The van der Waals surface area contributed by atoms with Crippen LogP contribution in [-0.2, 0) is 10.3 Å². The highest BCUT2D eigenvalue weighted by atomic mass is 32.1. The number of ether oxygens (including phenoxy) is 1. The number of anilines is 4. The Hall–Kier alpha value is -5.85. The van der Waals surface area contributed by atoms with Crippen LogP contribution < -0.4 is 9.80 Å². The summed E-state index contributed by atoms with van der Waals surface area (Å²) in [5.41, 5.74) is 6.75. The quantitative estimate of drug-likeness (QED) is 0.0727. The average molecular weight is 828 g/mol. The molecule has 3 aromatic carbocycles. The van der Waals surface area contributed by atoms with E-state index in [9.17, 15) is 15.8 Å². The van der Waals surface area contributed by atoms with Gasteiger partial charge in [0.1, 0.15) is 29.4 Å². The number of rotatable bonds is 16. The summed E-state index contributed by atoms with van der Waals surface area (Å²) in [5.74, 6) is 0.0773. The predicted octanol–water partition coefficient (Wildman–Crippen LogP) is 15.1. The van der Waals surface area contributed by atoms with Crippen molar-refractivity contribution < 1.29 is 4.74 Å². The molecule has 0 aliphatic carbocycles. The molecule has 8 heteroatoms. The van der Waals surface area contributed by atoms with Crippen LogP contribution in [0.4, 0.5) is 22.7 Å². The lowest BCUT2D eigenvalue weighted by molar-refractivity contribution is 0.109. The monoisotopic (exact) mass is 827 g/mol. The van der Waals surface area contributed by atoms with E-state index in [1.54, 1.807) is 11.3 Å². The minimum atomic E-state index is -0.899. The van der Waals surface area contributed by atoms with Crippen LogP contribution in [0.15, 0.2) is 114 Å². The van der Waals surface area contributed by atoms with Gasteiger partial charge < -0.3 is 14.5 Å². The van der Waals surface area contributed by atoms with Gasteiger partial charge in [-0.15, -0.1) is 22.7 Å². The van der Waals surface area contributed by atoms with Crippen LogP contribution in [0, 0.1) is 34.0 Å². The van der Waals surface area contributed by atoms with Crippen molar-refractivity contribution in [3.05, 3.63) is 135 Å². The summed E-state index contributed by atoms with van der Waals surface area (Å²) in [6.45, 7) is 8.38. The summed E-state index contributed by atoms with van der Waals surface area (Å²) < 4.78 is 6.25. The van der Waals surface area contributed by atoms with Crippen LogP contribution in [0.5, 0.6) is 0 Å². The van der Waals surface area contributed by atoms with Gasteiger partial charge in [-0.2, -0.15) is 15.8 Å². The lowest BCUT2D eigenvalue weighted by atomic mass is 9.76. The Morgan fingerprint density at radius 2 is 1.30 bits per heavy atom. The number of hydrogen-bond donors (Lipinski definition) is 0. The maximum atomic E-state index is 10.5. The molecule has 304 valence electrons. The van der Waals surface area contributed by atoms with Crippen LogP contribution in [0.2, 0.25) is 0 Å². The molecule has 2 aromatic heterocycles. The minimum absolute atomic E-state index is 0.0773. The number of unbranched alkanes of at least 4 members (excludes halogenated alkanes) is 6. The molecule has 2 aliphatic heterocycles. The minimum Gasteiger partial charge on any atom is -0.479 e. The van der Waals surface area contributed by atoms with Crippen molar-refractivity contribution in [3.63, 3.8) is 0 Å². The van der Waals surface area contributed by atoms with Crippen molar-refractivity contribution in [2.24, 2.45) is 0 Å². The van der Waals surface area contributed by atoms with E-state index in [4.69, 9.17) is 4.74 Å². The zero-order valence-corrected chi connectivity index (χ0v) is 37.1. The lowest BCUT2D eigenvalue weighted by Crippen LogP contribution is -2.46. The highest BCUT2D eigenvalue weighted by Crippen LogP contribution is 2.59. The van der Waals surface area contributed by atoms with Gasteiger partial charge in [-0.25, -0.2) is 0 Å². The normalized spacial score (nSPS) is 14.9. The first-order valence-electron chi connectivity index (χ1n) is 21.3. The summed E-state index contributed by atoms with van der Waals surface area (Å²) in [6, 6.07) is 40.6. The fourth-order valence-electron chi connectivity index (χ4n) is 8.87. The first kappa shape index (κ1) is 42.3. The summed E-state index contributed by atoms with van der Waals surface area (Å²) in [7, 11) is 2.27. The summed E-state index contributed by atoms with van der Waals surface area (Å²) in [6.07, 6.45) is 16.2. The molecule has 2 aliphatic rings. The maximum Gasteiger partial charge on any atom is 0.172 e. The molecule has 0 fully saturated rings. The second-order valence-electron chi connectivity index (χ2n) is 16.3. The number of benzene rings is 3. The first-order chi connectivity index (χ1) is 29.2. The number of para-hydroxylation sites is 2. The molecule has 0 radical (unpaired) electrons. The number of thiophene rings is 2. The van der Waals surface area contributed by atoms with Crippen molar-refractivity contribution in [1.29, 1.82) is 15.8 Å². The Balaban J connectivity index is 1.31. The van der Waals surface area contributed by atoms with E-state index in [0.29, 0.717) is 0 Å². The molecule has 4 heterocycles. The molecule has 0 unspecified atom stereocenters. The molecule has 0 amide bonds. The third-order valence-electron chi connectivity index (χ3n) is 11.9. The first-order valence-corrected chi connectivity index (χ1v) is 22.9. The Kier molecular flexibility index (Phi) is 13.1. The van der Waals surface area contributed by atoms with Crippen LogP contribution in [0.3, 0.4) is 0 Å². The fraction of sp³-hybridized carbons (Fsp3) is 0.327. The average Bonchev–Trinajstić information content (AvgIpc) is 3.97. The molecule has 0 N–H and O–H groups in total. The fourth-order valence-corrected chi connectivity index (χ4v) is 11.6. The predicted molar refractivity (Wildman–Crippen MR) is 251 cm³/mol. The van der Waals surface area contributed by atoms with E-state index in [-0.39, 0.29) is 22.4 Å². The van der Waals surface area contributed by atoms with Crippen LogP contribution in [0.25, 0.3) is 27.5 Å². The molecule has 0 saturated heterocycles.